The van der Waals surface area contributed by atoms with E-state index >= 15 is 0 Å². The van der Waals surface area contributed by atoms with Crippen LogP contribution in [0, 0.1) is 12.7 Å². The van der Waals surface area contributed by atoms with Crippen molar-refractivity contribution in [1.82, 2.24) is 9.78 Å². The van der Waals surface area contributed by atoms with E-state index in [1.54, 1.807) is 12.1 Å². The lowest BCUT2D eigenvalue weighted by Crippen LogP contribution is -2.16. The third kappa shape index (κ3) is 2.61. The van der Waals surface area contributed by atoms with E-state index < -0.39 is 0 Å². The van der Waals surface area contributed by atoms with E-state index in [4.69, 9.17) is 5.73 Å². The van der Waals surface area contributed by atoms with Crippen molar-refractivity contribution < 1.29 is 4.39 Å². The minimum absolute atomic E-state index is 0.236. The van der Waals surface area contributed by atoms with Gasteiger partial charge in [0.15, 0.2) is 0 Å². The van der Waals surface area contributed by atoms with Gasteiger partial charge in [0.05, 0.1) is 5.69 Å². The molecule has 1 heterocycles. The summed E-state index contributed by atoms with van der Waals surface area (Å²) in [5.74, 6) is 0.759. The average Bonchev–Trinajstić information content (AvgIpc) is 2.65. The van der Waals surface area contributed by atoms with Gasteiger partial charge >= 0.3 is 0 Å². The highest BCUT2D eigenvalue weighted by molar-refractivity contribution is 5.63. The van der Waals surface area contributed by atoms with Crippen LogP contribution in [0.25, 0.3) is 0 Å². The summed E-state index contributed by atoms with van der Waals surface area (Å²) in [7, 11) is 3.85. The van der Waals surface area contributed by atoms with Gasteiger partial charge in [-0.2, -0.15) is 5.10 Å². The van der Waals surface area contributed by atoms with Crippen molar-refractivity contribution in [2.75, 3.05) is 18.5 Å². The van der Waals surface area contributed by atoms with Crippen molar-refractivity contribution in [1.29, 1.82) is 0 Å². The number of hydrogen-bond donors (Lipinski definition) is 1. The van der Waals surface area contributed by atoms with E-state index in [2.05, 4.69) is 5.10 Å². The van der Waals surface area contributed by atoms with Gasteiger partial charge in [-0.1, -0.05) is 0 Å². The molecule has 1 aromatic carbocycles. The summed E-state index contributed by atoms with van der Waals surface area (Å²) in [5.41, 5.74) is 8.70. The molecule has 4 nitrogen and oxygen atoms in total. The topological polar surface area (TPSA) is 47.1 Å². The fraction of sp³-hybridized carbons (Fsp3) is 0.357. The van der Waals surface area contributed by atoms with Crippen LogP contribution in [-0.4, -0.2) is 23.4 Å². The van der Waals surface area contributed by atoms with Crippen LogP contribution in [0.1, 0.15) is 11.3 Å². The second-order valence-corrected chi connectivity index (χ2v) is 4.59. The molecular weight excluding hydrogens is 243 g/mol. The average molecular weight is 262 g/mol. The summed E-state index contributed by atoms with van der Waals surface area (Å²) < 4.78 is 14.8. The third-order valence-electron chi connectivity index (χ3n) is 3.24. The van der Waals surface area contributed by atoms with Crippen LogP contribution in [-0.2, 0) is 13.5 Å². The number of hydrogen-bond acceptors (Lipinski definition) is 3. The summed E-state index contributed by atoms with van der Waals surface area (Å²) in [5, 5.41) is 4.44. The molecule has 0 saturated heterocycles. The molecule has 0 aliphatic rings. The molecule has 2 N–H and O–H groups in total. The number of aryl methyl sites for hydroxylation is 2. The fourth-order valence-corrected chi connectivity index (χ4v) is 2.33. The van der Waals surface area contributed by atoms with Crippen LogP contribution < -0.4 is 10.6 Å². The van der Waals surface area contributed by atoms with Crippen molar-refractivity contribution in [3.05, 3.63) is 41.3 Å². The van der Waals surface area contributed by atoms with Crippen molar-refractivity contribution in [2.45, 2.75) is 13.3 Å². The third-order valence-corrected chi connectivity index (χ3v) is 3.24. The monoisotopic (exact) mass is 262 g/mol. The zero-order valence-corrected chi connectivity index (χ0v) is 11.5. The van der Waals surface area contributed by atoms with E-state index in [0.29, 0.717) is 6.54 Å². The van der Waals surface area contributed by atoms with Crippen LogP contribution >= 0.6 is 0 Å². The molecule has 19 heavy (non-hydrogen) atoms. The van der Waals surface area contributed by atoms with Gasteiger partial charge < -0.3 is 10.6 Å². The SMILES string of the molecule is Cc1nn(C)c(N(C)c2ccc(F)cc2)c1CCN. The molecule has 1 aromatic heterocycles. The van der Waals surface area contributed by atoms with Crippen LogP contribution in [0.5, 0.6) is 0 Å². The number of anilines is 2. The van der Waals surface area contributed by atoms with Crippen molar-refractivity contribution >= 4 is 11.5 Å². The van der Waals surface area contributed by atoms with E-state index in [1.807, 2.05) is 30.6 Å². The lowest BCUT2D eigenvalue weighted by Gasteiger charge is -2.21. The first-order chi connectivity index (χ1) is 9.04. The van der Waals surface area contributed by atoms with E-state index in [-0.39, 0.29) is 5.82 Å². The number of nitrogens with zero attached hydrogens (tertiary/aromatic N) is 3. The lowest BCUT2D eigenvalue weighted by atomic mass is 10.1. The molecule has 102 valence electrons. The standard InChI is InChI=1S/C14H19FN4/c1-10-13(8-9-16)14(19(3)17-10)18(2)12-6-4-11(15)5-7-12/h4-7H,8-9,16H2,1-3H3. The van der Waals surface area contributed by atoms with Gasteiger partial charge in [-0.3, -0.25) is 4.68 Å². The molecule has 5 heteroatoms. The van der Waals surface area contributed by atoms with E-state index in [0.717, 1.165) is 29.2 Å². The van der Waals surface area contributed by atoms with Gasteiger partial charge in [-0.05, 0) is 44.2 Å². The lowest BCUT2D eigenvalue weighted by molar-refractivity contribution is 0.628. The van der Waals surface area contributed by atoms with Gasteiger partial charge in [0.25, 0.3) is 0 Å². The Morgan fingerprint density at radius 1 is 1.32 bits per heavy atom. The Kier molecular flexibility index (Phi) is 3.85. The Morgan fingerprint density at radius 2 is 1.95 bits per heavy atom. The number of rotatable bonds is 4. The molecule has 0 saturated carbocycles. The normalized spacial score (nSPS) is 10.8. The summed E-state index contributed by atoms with van der Waals surface area (Å²) in [6.07, 6.45) is 0.778. The predicted octanol–water partition coefficient (Wildman–Crippen LogP) is 2.14. The van der Waals surface area contributed by atoms with Crippen LogP contribution in [0.15, 0.2) is 24.3 Å². The first-order valence-corrected chi connectivity index (χ1v) is 6.26. The fourth-order valence-electron chi connectivity index (χ4n) is 2.33. The quantitative estimate of drug-likeness (QED) is 0.918. The van der Waals surface area contributed by atoms with Gasteiger partial charge in [-0.25, -0.2) is 4.39 Å². The number of benzene rings is 1. The highest BCUT2D eigenvalue weighted by Gasteiger charge is 2.17. The molecule has 0 aliphatic carbocycles. The summed E-state index contributed by atoms with van der Waals surface area (Å²) in [4.78, 5) is 2.00. The molecule has 0 aliphatic heterocycles. The molecule has 0 bridgehead atoms. The Labute approximate surface area is 112 Å². The molecule has 0 unspecified atom stereocenters. The Bertz CT molecular complexity index is 560. The second kappa shape index (κ2) is 5.40. The molecule has 0 atom stereocenters. The molecule has 0 amide bonds. The van der Waals surface area contributed by atoms with Gasteiger partial charge in [0.1, 0.15) is 11.6 Å². The summed E-state index contributed by atoms with van der Waals surface area (Å²) >= 11 is 0. The minimum Gasteiger partial charge on any atom is -0.330 e. The first kappa shape index (κ1) is 13.5. The summed E-state index contributed by atoms with van der Waals surface area (Å²) in [6.45, 7) is 2.56. The van der Waals surface area contributed by atoms with Crippen molar-refractivity contribution in [3.8, 4) is 0 Å². The highest BCUT2D eigenvalue weighted by atomic mass is 19.1. The Morgan fingerprint density at radius 3 is 2.53 bits per heavy atom. The number of nitrogens with two attached hydrogens (primary N) is 1. The second-order valence-electron chi connectivity index (χ2n) is 4.59. The number of aromatic nitrogens is 2. The highest BCUT2D eigenvalue weighted by Crippen LogP contribution is 2.28. The maximum atomic E-state index is 13.0. The van der Waals surface area contributed by atoms with E-state index in [1.165, 1.54) is 12.1 Å². The Balaban J connectivity index is 2.43. The van der Waals surface area contributed by atoms with Crippen molar-refractivity contribution in [2.24, 2.45) is 12.8 Å². The summed E-state index contributed by atoms with van der Waals surface area (Å²) in [6, 6.07) is 6.42. The van der Waals surface area contributed by atoms with E-state index in [9.17, 15) is 4.39 Å². The molecule has 0 fully saturated rings. The maximum absolute atomic E-state index is 13.0. The largest absolute Gasteiger partial charge is 0.330 e. The smallest absolute Gasteiger partial charge is 0.134 e. The molecule has 0 spiro atoms. The van der Waals surface area contributed by atoms with Crippen LogP contribution in [0.3, 0.4) is 0 Å². The molecule has 2 rings (SSSR count). The first-order valence-electron chi connectivity index (χ1n) is 6.26. The van der Waals surface area contributed by atoms with Gasteiger partial charge in [0, 0.05) is 25.3 Å². The predicted molar refractivity (Wildman–Crippen MR) is 75.2 cm³/mol. The van der Waals surface area contributed by atoms with Crippen LogP contribution in [0.2, 0.25) is 0 Å². The molecule has 2 aromatic rings. The Hall–Kier alpha value is -1.88. The van der Waals surface area contributed by atoms with Gasteiger partial charge in [0.2, 0.25) is 0 Å². The minimum atomic E-state index is -0.236. The molecular formula is C14H19FN4. The zero-order chi connectivity index (χ0) is 14.0. The molecule has 0 radical (unpaired) electrons. The maximum Gasteiger partial charge on any atom is 0.134 e. The van der Waals surface area contributed by atoms with Crippen molar-refractivity contribution in [3.63, 3.8) is 0 Å². The number of halogens is 1. The van der Waals surface area contributed by atoms with Gasteiger partial charge in [-0.15, -0.1) is 0 Å². The van der Waals surface area contributed by atoms with Crippen LogP contribution in [0.4, 0.5) is 15.9 Å². The zero-order valence-electron chi connectivity index (χ0n) is 11.5.